The third kappa shape index (κ3) is 5.44. The fraction of sp³-hybridized carbons (Fsp3) is 0.0909. The zero-order valence-corrected chi connectivity index (χ0v) is 20.3. The van der Waals surface area contributed by atoms with Crippen molar-refractivity contribution in [3.63, 3.8) is 0 Å². The number of hydrogen-bond donors (Lipinski definition) is 1. The lowest BCUT2D eigenvalue weighted by Gasteiger charge is -2.26. The van der Waals surface area contributed by atoms with Gasteiger partial charge in [-0.3, -0.25) is 0 Å². The van der Waals surface area contributed by atoms with E-state index in [0.29, 0.717) is 0 Å². The number of hydrogen-bond acceptors (Lipinski definition) is 2. The standard InChI is InChI=1S/C33H30N2/c1-25-9-7-13-32(23-25)35(33-14-8-10-26(2)24-33)31-21-17-28(18-22-31)27-15-19-30(20-16-27)34-29-11-5-3-4-6-12-29/h3-11,13-24,34H,12H2,1-2H3. The van der Waals surface area contributed by atoms with E-state index in [1.54, 1.807) is 0 Å². The minimum absolute atomic E-state index is 0.911. The van der Waals surface area contributed by atoms with Gasteiger partial charge in [-0.15, -0.1) is 0 Å². The molecule has 0 amide bonds. The number of aryl methyl sites for hydroxylation is 2. The minimum atomic E-state index is 0.911. The summed E-state index contributed by atoms with van der Waals surface area (Å²) in [4.78, 5) is 2.32. The van der Waals surface area contributed by atoms with Gasteiger partial charge in [0.05, 0.1) is 0 Å². The van der Waals surface area contributed by atoms with E-state index < -0.39 is 0 Å². The molecule has 35 heavy (non-hydrogen) atoms. The second-order valence-electron chi connectivity index (χ2n) is 8.97. The minimum Gasteiger partial charge on any atom is -0.359 e. The van der Waals surface area contributed by atoms with Crippen molar-refractivity contribution in [1.82, 2.24) is 0 Å². The first-order chi connectivity index (χ1) is 17.2. The Morgan fingerprint density at radius 2 is 1.20 bits per heavy atom. The monoisotopic (exact) mass is 454 g/mol. The third-order valence-electron chi connectivity index (χ3n) is 6.16. The van der Waals surface area contributed by atoms with Crippen LogP contribution in [-0.4, -0.2) is 0 Å². The van der Waals surface area contributed by atoms with Gasteiger partial charge in [-0.25, -0.2) is 0 Å². The molecule has 4 aromatic carbocycles. The van der Waals surface area contributed by atoms with Gasteiger partial charge in [0.1, 0.15) is 0 Å². The van der Waals surface area contributed by atoms with Crippen molar-refractivity contribution in [1.29, 1.82) is 0 Å². The van der Waals surface area contributed by atoms with Crippen LogP contribution in [-0.2, 0) is 0 Å². The van der Waals surface area contributed by atoms with Crippen LogP contribution in [0.3, 0.4) is 0 Å². The van der Waals surface area contributed by atoms with Crippen molar-refractivity contribution < 1.29 is 0 Å². The molecule has 1 N–H and O–H groups in total. The highest BCUT2D eigenvalue weighted by atomic mass is 15.1. The fourth-order valence-corrected chi connectivity index (χ4v) is 4.39. The summed E-state index contributed by atoms with van der Waals surface area (Å²) >= 11 is 0. The van der Waals surface area contributed by atoms with Crippen LogP contribution >= 0.6 is 0 Å². The summed E-state index contributed by atoms with van der Waals surface area (Å²) in [5, 5.41) is 3.52. The maximum absolute atomic E-state index is 3.52. The van der Waals surface area contributed by atoms with E-state index in [1.165, 1.54) is 28.0 Å². The van der Waals surface area contributed by atoms with Gasteiger partial charge in [0.2, 0.25) is 0 Å². The van der Waals surface area contributed by atoms with Crippen molar-refractivity contribution in [2.75, 3.05) is 10.2 Å². The molecular formula is C33H30N2. The lowest BCUT2D eigenvalue weighted by molar-refractivity contribution is 1.22. The van der Waals surface area contributed by atoms with Gasteiger partial charge in [-0.05, 0) is 90.7 Å². The van der Waals surface area contributed by atoms with Gasteiger partial charge in [-0.2, -0.15) is 0 Å². The summed E-state index contributed by atoms with van der Waals surface area (Å²) < 4.78 is 0. The van der Waals surface area contributed by atoms with Crippen LogP contribution in [0, 0.1) is 13.8 Å². The van der Waals surface area contributed by atoms with Crippen LogP contribution in [0.15, 0.2) is 133 Å². The van der Waals surface area contributed by atoms with Crippen molar-refractivity contribution in [3.05, 3.63) is 144 Å². The predicted molar refractivity (Wildman–Crippen MR) is 151 cm³/mol. The van der Waals surface area contributed by atoms with Crippen LogP contribution in [0.4, 0.5) is 22.7 Å². The second kappa shape index (κ2) is 10.3. The predicted octanol–water partition coefficient (Wildman–Crippen LogP) is 9.25. The topological polar surface area (TPSA) is 15.3 Å². The number of anilines is 4. The van der Waals surface area contributed by atoms with Crippen LogP contribution in [0.2, 0.25) is 0 Å². The molecule has 0 fully saturated rings. The van der Waals surface area contributed by atoms with Gasteiger partial charge in [-0.1, -0.05) is 72.8 Å². The van der Waals surface area contributed by atoms with Crippen molar-refractivity contribution in [2.24, 2.45) is 0 Å². The Balaban J connectivity index is 1.40. The highest BCUT2D eigenvalue weighted by Crippen LogP contribution is 2.36. The molecule has 0 aromatic heterocycles. The Morgan fingerprint density at radius 1 is 0.600 bits per heavy atom. The zero-order valence-electron chi connectivity index (χ0n) is 20.3. The number of nitrogens with zero attached hydrogens (tertiary/aromatic N) is 1. The molecule has 0 radical (unpaired) electrons. The lowest BCUT2D eigenvalue weighted by Crippen LogP contribution is -2.10. The Labute approximate surface area is 208 Å². The van der Waals surface area contributed by atoms with E-state index in [0.717, 1.165) is 29.2 Å². The van der Waals surface area contributed by atoms with E-state index >= 15 is 0 Å². The quantitative estimate of drug-likeness (QED) is 0.312. The SMILES string of the molecule is Cc1cccc(N(c2ccc(-c3ccc(NC4=CC=CC=CC4)cc3)cc2)c2cccc(C)c2)c1. The van der Waals surface area contributed by atoms with Crippen LogP contribution in [0.25, 0.3) is 11.1 Å². The van der Waals surface area contributed by atoms with Crippen molar-refractivity contribution >= 4 is 22.7 Å². The molecule has 0 aliphatic heterocycles. The second-order valence-corrected chi connectivity index (χ2v) is 8.97. The molecule has 0 atom stereocenters. The molecule has 0 saturated heterocycles. The highest BCUT2D eigenvalue weighted by molar-refractivity contribution is 5.79. The molecule has 0 unspecified atom stereocenters. The van der Waals surface area contributed by atoms with Crippen LogP contribution in [0.1, 0.15) is 17.5 Å². The first kappa shape index (κ1) is 22.5. The normalized spacial score (nSPS) is 12.7. The summed E-state index contributed by atoms with van der Waals surface area (Å²) in [7, 11) is 0. The molecule has 0 heterocycles. The zero-order chi connectivity index (χ0) is 24.0. The summed E-state index contributed by atoms with van der Waals surface area (Å²) in [5.41, 5.74) is 10.7. The van der Waals surface area contributed by atoms with Crippen LogP contribution < -0.4 is 10.2 Å². The Bertz CT molecular complexity index is 1340. The first-order valence-corrected chi connectivity index (χ1v) is 12.1. The smallest absolute Gasteiger partial charge is 0.0464 e. The largest absolute Gasteiger partial charge is 0.359 e. The molecule has 4 aromatic rings. The maximum atomic E-state index is 3.52. The van der Waals surface area contributed by atoms with Crippen molar-refractivity contribution in [2.45, 2.75) is 20.3 Å². The average molecular weight is 455 g/mol. The van der Waals surface area contributed by atoms with Crippen LogP contribution in [0.5, 0.6) is 0 Å². The maximum Gasteiger partial charge on any atom is 0.0464 e. The molecule has 2 heteroatoms. The Hall–Kier alpha value is -4.30. The first-order valence-electron chi connectivity index (χ1n) is 12.1. The third-order valence-corrected chi connectivity index (χ3v) is 6.16. The Kier molecular flexibility index (Phi) is 6.63. The summed E-state index contributed by atoms with van der Waals surface area (Å²) in [6, 6.07) is 34.8. The van der Waals surface area contributed by atoms with Gasteiger partial charge >= 0.3 is 0 Å². The molecule has 0 saturated carbocycles. The molecule has 1 aliphatic rings. The molecule has 0 bridgehead atoms. The summed E-state index contributed by atoms with van der Waals surface area (Å²) in [5.74, 6) is 0. The molecule has 1 aliphatic carbocycles. The summed E-state index contributed by atoms with van der Waals surface area (Å²) in [6.45, 7) is 4.28. The number of nitrogens with one attached hydrogen (secondary N) is 1. The average Bonchev–Trinajstić information content (AvgIpc) is 3.14. The molecule has 2 nitrogen and oxygen atoms in total. The molecule has 0 spiro atoms. The van der Waals surface area contributed by atoms with E-state index in [9.17, 15) is 0 Å². The van der Waals surface area contributed by atoms with Crippen molar-refractivity contribution in [3.8, 4) is 11.1 Å². The van der Waals surface area contributed by atoms with E-state index in [4.69, 9.17) is 0 Å². The van der Waals surface area contributed by atoms with E-state index in [1.807, 2.05) is 0 Å². The number of benzene rings is 4. The molecular weight excluding hydrogens is 424 g/mol. The van der Waals surface area contributed by atoms with E-state index in [-0.39, 0.29) is 0 Å². The fourth-order valence-electron chi connectivity index (χ4n) is 4.39. The highest BCUT2D eigenvalue weighted by Gasteiger charge is 2.13. The number of rotatable bonds is 6. The lowest BCUT2D eigenvalue weighted by atomic mass is 10.0. The number of allylic oxidation sites excluding steroid dienone is 5. The Morgan fingerprint density at radius 3 is 1.80 bits per heavy atom. The van der Waals surface area contributed by atoms with Gasteiger partial charge in [0.15, 0.2) is 0 Å². The van der Waals surface area contributed by atoms with Gasteiger partial charge < -0.3 is 10.2 Å². The summed E-state index contributed by atoms with van der Waals surface area (Å²) in [6.07, 6.45) is 11.4. The van der Waals surface area contributed by atoms with Gasteiger partial charge in [0, 0.05) is 34.9 Å². The van der Waals surface area contributed by atoms with E-state index in [2.05, 4.69) is 152 Å². The molecule has 172 valence electrons. The van der Waals surface area contributed by atoms with Gasteiger partial charge in [0.25, 0.3) is 0 Å². The molecule has 5 rings (SSSR count).